The largest absolute Gasteiger partial charge is 0.493 e. The minimum atomic E-state index is -0.742. The van der Waals surface area contributed by atoms with Gasteiger partial charge in [0.15, 0.2) is 29.0 Å². The summed E-state index contributed by atoms with van der Waals surface area (Å²) < 4.78 is 21.1. The number of methoxy groups -OCH3 is 4. The molecule has 0 saturated carbocycles. The average molecular weight is 536 g/mol. The lowest BCUT2D eigenvalue weighted by Gasteiger charge is -2.14. The van der Waals surface area contributed by atoms with Gasteiger partial charge in [-0.2, -0.15) is 0 Å². The number of carbonyl (C=O) groups is 2. The number of benzene rings is 3. The highest BCUT2D eigenvalue weighted by Gasteiger charge is 2.22. The fourth-order valence-electron chi connectivity index (χ4n) is 3.96. The summed E-state index contributed by atoms with van der Waals surface area (Å²) in [6.07, 6.45) is 0.405. The first kappa shape index (κ1) is 28.8. The van der Waals surface area contributed by atoms with E-state index >= 15 is 0 Å². The molecule has 3 aromatic carbocycles. The Balaban J connectivity index is 1.70. The molecule has 0 aromatic heterocycles. The Morgan fingerprint density at radius 3 is 1.92 bits per heavy atom. The van der Waals surface area contributed by atoms with Crippen LogP contribution >= 0.6 is 0 Å². The van der Waals surface area contributed by atoms with Crippen LogP contribution in [-0.4, -0.2) is 52.3 Å². The van der Waals surface area contributed by atoms with Gasteiger partial charge < -0.3 is 24.3 Å². The molecule has 206 valence electrons. The van der Waals surface area contributed by atoms with E-state index in [4.69, 9.17) is 24.7 Å². The quantitative estimate of drug-likeness (QED) is 0.198. The van der Waals surface area contributed by atoms with Crippen LogP contribution in [0.5, 0.6) is 23.0 Å². The van der Waals surface area contributed by atoms with Gasteiger partial charge in [-0.25, -0.2) is 5.32 Å². The summed E-state index contributed by atoms with van der Waals surface area (Å²) in [5.74, 6) is 1.59. The van der Waals surface area contributed by atoms with Gasteiger partial charge in [-0.15, -0.1) is 0 Å². The molecule has 0 unspecified atom stereocenters. The SMILES string of the molecule is COc1ccc(CNC(=O)[C@@H](Cc2ccccc2)[NH+]=C(N)NC(=O)Cc2ccc(OC)c(OC)c2)cc1OC. The van der Waals surface area contributed by atoms with Crippen LogP contribution in [0.1, 0.15) is 16.7 Å². The predicted octanol–water partition coefficient (Wildman–Crippen LogP) is 0.703. The molecule has 3 rings (SSSR count). The lowest BCUT2D eigenvalue weighted by molar-refractivity contribution is -0.490. The Morgan fingerprint density at radius 2 is 1.33 bits per heavy atom. The fourth-order valence-corrected chi connectivity index (χ4v) is 3.96. The van der Waals surface area contributed by atoms with E-state index in [0.717, 1.165) is 11.1 Å². The molecule has 3 aromatic rings. The van der Waals surface area contributed by atoms with Crippen molar-refractivity contribution >= 4 is 17.8 Å². The van der Waals surface area contributed by atoms with E-state index in [9.17, 15) is 9.59 Å². The number of guanidine groups is 1. The summed E-state index contributed by atoms with van der Waals surface area (Å²) in [6, 6.07) is 19.4. The summed E-state index contributed by atoms with van der Waals surface area (Å²) in [5, 5.41) is 5.55. The number of rotatable bonds is 12. The molecule has 10 heteroatoms. The first-order valence-corrected chi connectivity index (χ1v) is 12.3. The van der Waals surface area contributed by atoms with Crippen LogP contribution in [0, 0.1) is 0 Å². The van der Waals surface area contributed by atoms with Crippen molar-refractivity contribution < 1.29 is 33.5 Å². The van der Waals surface area contributed by atoms with E-state index in [1.165, 1.54) is 7.11 Å². The van der Waals surface area contributed by atoms with E-state index < -0.39 is 6.04 Å². The zero-order valence-corrected chi connectivity index (χ0v) is 22.6. The van der Waals surface area contributed by atoms with Crippen molar-refractivity contribution in [1.29, 1.82) is 0 Å². The maximum Gasteiger partial charge on any atom is 0.349 e. The zero-order chi connectivity index (χ0) is 28.2. The Kier molecular flexibility index (Phi) is 10.6. The van der Waals surface area contributed by atoms with Gasteiger partial charge in [0.1, 0.15) is 0 Å². The molecule has 0 radical (unpaired) electrons. The Morgan fingerprint density at radius 1 is 0.769 bits per heavy atom. The number of hydrogen-bond acceptors (Lipinski definition) is 6. The second-order valence-electron chi connectivity index (χ2n) is 8.62. The van der Waals surface area contributed by atoms with Gasteiger partial charge in [0.2, 0.25) is 0 Å². The van der Waals surface area contributed by atoms with E-state index in [1.54, 1.807) is 51.7 Å². The summed E-state index contributed by atoms with van der Waals surface area (Å²) >= 11 is 0. The summed E-state index contributed by atoms with van der Waals surface area (Å²) in [7, 11) is 6.19. The van der Waals surface area contributed by atoms with Crippen molar-refractivity contribution in [3.63, 3.8) is 0 Å². The molecule has 0 aliphatic heterocycles. The normalized spacial score (nSPS) is 11.7. The highest BCUT2D eigenvalue weighted by atomic mass is 16.5. The zero-order valence-electron chi connectivity index (χ0n) is 22.6. The summed E-state index contributed by atoms with van der Waals surface area (Å²) in [4.78, 5) is 28.8. The molecule has 0 aliphatic rings. The van der Waals surface area contributed by atoms with Crippen LogP contribution in [0.25, 0.3) is 0 Å². The Labute approximate surface area is 228 Å². The van der Waals surface area contributed by atoms with Gasteiger partial charge in [0.05, 0.1) is 34.9 Å². The molecule has 0 saturated heterocycles. The number of carbonyl (C=O) groups excluding carboxylic acids is 2. The van der Waals surface area contributed by atoms with Crippen molar-refractivity contribution in [3.05, 3.63) is 83.4 Å². The molecule has 0 aliphatic carbocycles. The van der Waals surface area contributed by atoms with Crippen molar-refractivity contribution in [2.24, 2.45) is 5.73 Å². The van der Waals surface area contributed by atoms with Gasteiger partial charge in [-0.3, -0.25) is 20.3 Å². The standard InChI is InChI=1S/C29H34N4O6/c1-36-23-12-10-20(15-25(23)38-3)17-27(34)33-29(30)32-22(14-19-8-6-5-7-9-19)28(35)31-18-21-11-13-24(37-2)26(16-21)39-4/h5-13,15-16,22H,14,17-18H2,1-4H3,(H,31,35)(H3,30,32,33,34)/p+1/t22-/m1/s1. The molecule has 2 amide bonds. The number of nitrogens with two attached hydrogens (primary N) is 1. The average Bonchev–Trinajstić information content (AvgIpc) is 2.95. The molecule has 1 atom stereocenters. The highest BCUT2D eigenvalue weighted by Crippen LogP contribution is 2.28. The van der Waals surface area contributed by atoms with Crippen LogP contribution in [0.4, 0.5) is 0 Å². The molecule has 0 fully saturated rings. The second-order valence-corrected chi connectivity index (χ2v) is 8.62. The number of nitrogens with one attached hydrogen (secondary N) is 3. The summed E-state index contributed by atoms with van der Waals surface area (Å²) in [5.41, 5.74) is 8.60. The summed E-state index contributed by atoms with van der Waals surface area (Å²) in [6.45, 7) is 0.262. The third-order valence-corrected chi connectivity index (χ3v) is 5.93. The maximum atomic E-state index is 13.2. The number of amides is 2. The molecule has 0 heterocycles. The van der Waals surface area contributed by atoms with E-state index in [0.29, 0.717) is 35.0 Å². The van der Waals surface area contributed by atoms with E-state index in [-0.39, 0.29) is 30.7 Å². The first-order chi connectivity index (χ1) is 18.9. The smallest absolute Gasteiger partial charge is 0.349 e. The van der Waals surface area contributed by atoms with Gasteiger partial charge >= 0.3 is 5.96 Å². The molecule has 10 nitrogen and oxygen atoms in total. The lowest BCUT2D eigenvalue weighted by Crippen LogP contribution is -2.87. The van der Waals surface area contributed by atoms with Crippen LogP contribution < -0.4 is 40.3 Å². The van der Waals surface area contributed by atoms with Gasteiger partial charge in [0.25, 0.3) is 11.8 Å². The van der Waals surface area contributed by atoms with Crippen LogP contribution in [-0.2, 0) is 29.0 Å². The monoisotopic (exact) mass is 535 g/mol. The molecule has 39 heavy (non-hydrogen) atoms. The highest BCUT2D eigenvalue weighted by molar-refractivity contribution is 5.95. The molecule has 5 N–H and O–H groups in total. The van der Waals surface area contributed by atoms with Crippen molar-refractivity contribution in [2.75, 3.05) is 28.4 Å². The van der Waals surface area contributed by atoms with Crippen LogP contribution in [0.2, 0.25) is 0 Å². The van der Waals surface area contributed by atoms with Crippen LogP contribution in [0.3, 0.4) is 0 Å². The number of ether oxygens (including phenoxy) is 4. The maximum absolute atomic E-state index is 13.2. The lowest BCUT2D eigenvalue weighted by atomic mass is 10.1. The van der Waals surface area contributed by atoms with Gasteiger partial charge in [-0.1, -0.05) is 42.5 Å². The number of hydrogen-bond donors (Lipinski definition) is 4. The third-order valence-electron chi connectivity index (χ3n) is 5.93. The van der Waals surface area contributed by atoms with Crippen molar-refractivity contribution in [2.45, 2.75) is 25.4 Å². The minimum absolute atomic E-state index is 0.0253. The molecular weight excluding hydrogens is 500 g/mol. The fraction of sp³-hybridized carbons (Fsp3) is 0.276. The second kappa shape index (κ2) is 14.3. The van der Waals surface area contributed by atoms with Gasteiger partial charge in [0, 0.05) is 13.0 Å². The van der Waals surface area contributed by atoms with E-state index in [2.05, 4.69) is 15.6 Å². The predicted molar refractivity (Wildman–Crippen MR) is 147 cm³/mol. The molecular formula is C29H35N4O6+. The van der Waals surface area contributed by atoms with Crippen molar-refractivity contribution in [3.8, 4) is 23.0 Å². The topological polar surface area (TPSA) is 135 Å². The van der Waals surface area contributed by atoms with Crippen molar-refractivity contribution in [1.82, 2.24) is 10.6 Å². The van der Waals surface area contributed by atoms with E-state index in [1.807, 2.05) is 36.4 Å². The molecule has 0 bridgehead atoms. The van der Waals surface area contributed by atoms with Crippen LogP contribution in [0.15, 0.2) is 66.7 Å². The Hall–Kier alpha value is -4.73. The minimum Gasteiger partial charge on any atom is -0.493 e. The first-order valence-electron chi connectivity index (χ1n) is 12.3. The molecule has 0 spiro atoms. The Bertz CT molecular complexity index is 1300. The van der Waals surface area contributed by atoms with Gasteiger partial charge in [-0.05, 0) is 41.0 Å². The third kappa shape index (κ3) is 8.39.